The molecule has 0 atom stereocenters. The molecule has 0 aliphatic heterocycles. The predicted molar refractivity (Wildman–Crippen MR) is 74.0 cm³/mol. The van der Waals surface area contributed by atoms with Crippen LogP contribution in [0.4, 0.5) is 0 Å². The molecule has 0 spiro atoms. The molecule has 0 aromatic heterocycles. The third kappa shape index (κ3) is 3.10. The summed E-state index contributed by atoms with van der Waals surface area (Å²) in [6.45, 7) is 2.24. The molecule has 1 aromatic rings. The van der Waals surface area contributed by atoms with Crippen molar-refractivity contribution in [3.05, 3.63) is 35.4 Å². The van der Waals surface area contributed by atoms with Crippen LogP contribution in [0, 0.1) is 0 Å². The van der Waals surface area contributed by atoms with Gasteiger partial charge in [-0.25, -0.2) is 0 Å². The second-order valence-corrected chi connectivity index (χ2v) is 5.52. The van der Waals surface area contributed by atoms with Crippen LogP contribution in [-0.2, 0) is 12.0 Å². The molecule has 0 heterocycles. The highest BCUT2D eigenvalue weighted by Crippen LogP contribution is 2.34. The molecule has 2 rings (SSSR count). The third-order valence-corrected chi connectivity index (χ3v) is 4.09. The molecule has 1 aliphatic carbocycles. The summed E-state index contributed by atoms with van der Waals surface area (Å²) < 4.78 is 0. The predicted octanol–water partition coefficient (Wildman–Crippen LogP) is 4.15. The maximum Gasteiger partial charge on any atom is 0.0409 e. The third-order valence-electron chi connectivity index (χ3n) is 4.09. The minimum Gasteiger partial charge on any atom is -0.321 e. The molecule has 1 fully saturated rings. The number of nitrogens with two attached hydrogens (primary N) is 1. The fourth-order valence-corrected chi connectivity index (χ4v) is 2.86. The van der Waals surface area contributed by atoms with Gasteiger partial charge in [0, 0.05) is 5.54 Å². The van der Waals surface area contributed by atoms with E-state index in [0.717, 1.165) is 12.8 Å². The highest BCUT2D eigenvalue weighted by Gasteiger charge is 2.28. The molecule has 1 aromatic carbocycles. The molecule has 0 amide bonds. The molecule has 0 radical (unpaired) electrons. The molecule has 2 N–H and O–H groups in total. The minimum atomic E-state index is -0.0401. The first kappa shape index (κ1) is 12.6. The van der Waals surface area contributed by atoms with E-state index in [1.54, 1.807) is 0 Å². The number of hydrogen-bond donors (Lipinski definition) is 1. The van der Waals surface area contributed by atoms with Gasteiger partial charge in [0.15, 0.2) is 0 Å². The first-order valence-corrected chi connectivity index (χ1v) is 7.13. The lowest BCUT2D eigenvalue weighted by Gasteiger charge is -2.34. The highest BCUT2D eigenvalue weighted by molar-refractivity contribution is 5.28. The number of benzene rings is 1. The van der Waals surface area contributed by atoms with Gasteiger partial charge < -0.3 is 5.73 Å². The van der Waals surface area contributed by atoms with E-state index in [9.17, 15) is 0 Å². The van der Waals surface area contributed by atoms with Crippen LogP contribution in [0.15, 0.2) is 24.3 Å². The second kappa shape index (κ2) is 5.68. The Morgan fingerprint density at radius 1 is 1.06 bits per heavy atom. The van der Waals surface area contributed by atoms with Crippen molar-refractivity contribution in [1.82, 2.24) is 0 Å². The molecular weight excluding hydrogens is 206 g/mol. The Kier molecular flexibility index (Phi) is 4.22. The van der Waals surface area contributed by atoms with E-state index >= 15 is 0 Å². The van der Waals surface area contributed by atoms with Crippen molar-refractivity contribution >= 4 is 0 Å². The first-order chi connectivity index (χ1) is 8.24. The van der Waals surface area contributed by atoms with Gasteiger partial charge >= 0.3 is 0 Å². The van der Waals surface area contributed by atoms with Crippen LogP contribution in [0.2, 0.25) is 0 Å². The van der Waals surface area contributed by atoms with E-state index in [2.05, 4.69) is 31.2 Å². The van der Waals surface area contributed by atoms with Crippen molar-refractivity contribution in [3.8, 4) is 0 Å². The fraction of sp³-hybridized carbons (Fsp3) is 0.625. The Balaban J connectivity index is 2.06. The quantitative estimate of drug-likeness (QED) is 0.827. The number of unbranched alkanes of at least 4 members (excludes halogenated alkanes) is 1. The van der Waals surface area contributed by atoms with E-state index in [1.807, 2.05) is 0 Å². The molecule has 1 nitrogen and oxygen atoms in total. The Bertz CT molecular complexity index is 333. The van der Waals surface area contributed by atoms with Gasteiger partial charge in [0.1, 0.15) is 0 Å². The van der Waals surface area contributed by atoms with Crippen LogP contribution in [0.3, 0.4) is 0 Å². The maximum absolute atomic E-state index is 6.53. The average molecular weight is 231 g/mol. The summed E-state index contributed by atoms with van der Waals surface area (Å²) in [6, 6.07) is 9.06. The topological polar surface area (TPSA) is 26.0 Å². The summed E-state index contributed by atoms with van der Waals surface area (Å²) in [4.78, 5) is 0. The standard InChI is InChI=1S/C16H25N/c1-2-3-7-14-8-10-15(11-9-14)16(17)12-5-4-6-13-16/h8-11H,2-7,12-13,17H2,1H3. The van der Waals surface area contributed by atoms with Gasteiger partial charge in [-0.2, -0.15) is 0 Å². The Hall–Kier alpha value is -0.820. The fourth-order valence-electron chi connectivity index (χ4n) is 2.86. The molecule has 1 heteroatoms. The average Bonchev–Trinajstić information content (AvgIpc) is 2.38. The van der Waals surface area contributed by atoms with Gasteiger partial charge in [-0.15, -0.1) is 0 Å². The molecule has 1 aliphatic rings. The molecule has 0 saturated heterocycles. The Morgan fingerprint density at radius 3 is 2.29 bits per heavy atom. The lowest BCUT2D eigenvalue weighted by molar-refractivity contribution is 0.302. The second-order valence-electron chi connectivity index (χ2n) is 5.52. The van der Waals surface area contributed by atoms with Crippen LogP contribution in [0.5, 0.6) is 0 Å². The number of rotatable bonds is 4. The lowest BCUT2D eigenvalue weighted by Crippen LogP contribution is -2.38. The normalized spacial score (nSPS) is 19.2. The van der Waals surface area contributed by atoms with Gasteiger partial charge in [0.2, 0.25) is 0 Å². The Labute approximate surface area is 105 Å². The molecule has 17 heavy (non-hydrogen) atoms. The monoisotopic (exact) mass is 231 g/mol. The highest BCUT2D eigenvalue weighted by atomic mass is 14.7. The van der Waals surface area contributed by atoms with Gasteiger partial charge in [0.25, 0.3) is 0 Å². The number of hydrogen-bond acceptors (Lipinski definition) is 1. The molecule has 0 bridgehead atoms. The van der Waals surface area contributed by atoms with Crippen LogP contribution in [0.1, 0.15) is 63.0 Å². The summed E-state index contributed by atoms with van der Waals surface area (Å²) in [7, 11) is 0. The molecular formula is C16H25N. The first-order valence-electron chi connectivity index (χ1n) is 7.13. The molecule has 94 valence electrons. The van der Waals surface area contributed by atoms with Crippen LogP contribution < -0.4 is 5.73 Å². The number of aryl methyl sites for hydroxylation is 1. The van der Waals surface area contributed by atoms with Crippen molar-refractivity contribution in [2.24, 2.45) is 5.73 Å². The van der Waals surface area contributed by atoms with Gasteiger partial charge in [0.05, 0.1) is 0 Å². The van der Waals surface area contributed by atoms with Crippen LogP contribution >= 0.6 is 0 Å². The Morgan fingerprint density at radius 2 is 1.71 bits per heavy atom. The summed E-state index contributed by atoms with van der Waals surface area (Å²) in [6.07, 6.45) is 9.99. The molecule has 0 unspecified atom stereocenters. The summed E-state index contributed by atoms with van der Waals surface area (Å²) in [5, 5.41) is 0. The minimum absolute atomic E-state index is 0.0401. The van der Waals surface area contributed by atoms with Gasteiger partial charge in [-0.1, -0.05) is 56.9 Å². The van der Waals surface area contributed by atoms with E-state index in [-0.39, 0.29) is 5.54 Å². The zero-order chi connectivity index (χ0) is 12.1. The molecule has 1 saturated carbocycles. The van der Waals surface area contributed by atoms with Crippen molar-refractivity contribution in [1.29, 1.82) is 0 Å². The van der Waals surface area contributed by atoms with E-state index in [0.29, 0.717) is 0 Å². The SMILES string of the molecule is CCCCc1ccc(C2(N)CCCCC2)cc1. The van der Waals surface area contributed by atoms with E-state index in [4.69, 9.17) is 5.73 Å². The zero-order valence-electron chi connectivity index (χ0n) is 11.0. The lowest BCUT2D eigenvalue weighted by atomic mass is 9.77. The van der Waals surface area contributed by atoms with Crippen molar-refractivity contribution in [3.63, 3.8) is 0 Å². The van der Waals surface area contributed by atoms with Crippen LogP contribution in [-0.4, -0.2) is 0 Å². The summed E-state index contributed by atoms with van der Waals surface area (Å²) in [5.41, 5.74) is 9.29. The summed E-state index contributed by atoms with van der Waals surface area (Å²) in [5.74, 6) is 0. The van der Waals surface area contributed by atoms with Gasteiger partial charge in [-0.05, 0) is 36.8 Å². The van der Waals surface area contributed by atoms with Crippen LogP contribution in [0.25, 0.3) is 0 Å². The van der Waals surface area contributed by atoms with E-state index < -0.39 is 0 Å². The maximum atomic E-state index is 6.53. The van der Waals surface area contributed by atoms with Crippen molar-refractivity contribution in [2.75, 3.05) is 0 Å². The van der Waals surface area contributed by atoms with Crippen molar-refractivity contribution in [2.45, 2.75) is 63.8 Å². The zero-order valence-corrected chi connectivity index (χ0v) is 11.0. The smallest absolute Gasteiger partial charge is 0.0409 e. The largest absolute Gasteiger partial charge is 0.321 e. The van der Waals surface area contributed by atoms with E-state index in [1.165, 1.54) is 49.7 Å². The van der Waals surface area contributed by atoms with Crippen molar-refractivity contribution < 1.29 is 0 Å². The van der Waals surface area contributed by atoms with Gasteiger partial charge in [-0.3, -0.25) is 0 Å². The summed E-state index contributed by atoms with van der Waals surface area (Å²) >= 11 is 0.